The second-order valence-corrected chi connectivity index (χ2v) is 11.6. The zero-order chi connectivity index (χ0) is 30.7. The molecule has 0 aliphatic carbocycles. The van der Waals surface area contributed by atoms with Crippen LogP contribution < -0.4 is 19.8 Å². The molecule has 1 aromatic heterocycles. The Kier molecular flexibility index (Phi) is 8.97. The number of ether oxygens (including phenoxy) is 3. The smallest absolute Gasteiger partial charge is 0.282 e. The van der Waals surface area contributed by atoms with Gasteiger partial charge in [0.2, 0.25) is 0 Å². The van der Waals surface area contributed by atoms with Gasteiger partial charge in [0.15, 0.2) is 17.3 Å². The molecule has 1 heterocycles. The molecule has 220 valence electrons. The Morgan fingerprint density at radius 1 is 0.953 bits per heavy atom. The summed E-state index contributed by atoms with van der Waals surface area (Å²) in [5.41, 5.74) is 5.87. The molecule has 0 saturated heterocycles. The third-order valence-electron chi connectivity index (χ3n) is 7.24. The Balaban J connectivity index is 1.68. The van der Waals surface area contributed by atoms with Gasteiger partial charge in [-0.05, 0) is 72.9 Å². The zero-order valence-corrected chi connectivity index (χ0v) is 26.7. The summed E-state index contributed by atoms with van der Waals surface area (Å²) in [4.78, 5) is 18.9. The molecule has 0 amide bonds. The van der Waals surface area contributed by atoms with E-state index >= 15 is 0 Å². The van der Waals surface area contributed by atoms with Crippen molar-refractivity contribution in [2.24, 2.45) is 5.10 Å². The van der Waals surface area contributed by atoms with Gasteiger partial charge in [-0.2, -0.15) is 9.78 Å². The molecule has 5 rings (SSSR count). The van der Waals surface area contributed by atoms with Crippen LogP contribution in [0, 0.1) is 13.8 Å². The quantitative estimate of drug-likeness (QED) is 0.153. The summed E-state index contributed by atoms with van der Waals surface area (Å²) in [7, 11) is 3.26. The summed E-state index contributed by atoms with van der Waals surface area (Å²) in [6.45, 7) is 8.58. The molecule has 43 heavy (non-hydrogen) atoms. The van der Waals surface area contributed by atoms with Crippen molar-refractivity contribution in [3.05, 3.63) is 115 Å². The van der Waals surface area contributed by atoms with Crippen molar-refractivity contribution in [2.75, 3.05) is 14.2 Å². The summed E-state index contributed by atoms with van der Waals surface area (Å²) < 4.78 is 19.8. The Hall–Kier alpha value is -4.43. The van der Waals surface area contributed by atoms with Crippen molar-refractivity contribution in [2.45, 2.75) is 40.2 Å². The van der Waals surface area contributed by atoms with E-state index in [9.17, 15) is 4.79 Å². The number of hydrogen-bond donors (Lipinski definition) is 0. The number of rotatable bonds is 9. The van der Waals surface area contributed by atoms with Crippen LogP contribution in [-0.2, 0) is 6.61 Å². The van der Waals surface area contributed by atoms with Crippen LogP contribution in [0.15, 0.2) is 87.2 Å². The van der Waals surface area contributed by atoms with Crippen molar-refractivity contribution in [3.8, 4) is 28.6 Å². The number of fused-ring (bicyclic) bond motifs is 1. The number of aryl methyl sites for hydroxylation is 2. The normalized spacial score (nSPS) is 11.4. The predicted octanol–water partition coefficient (Wildman–Crippen LogP) is 8.04. The molecular weight excluding hydrogens is 606 g/mol. The van der Waals surface area contributed by atoms with Gasteiger partial charge in [0.25, 0.3) is 5.56 Å². The van der Waals surface area contributed by atoms with E-state index in [4.69, 9.17) is 24.3 Å². The molecule has 4 aromatic carbocycles. The molecule has 7 nitrogen and oxygen atoms in total. The molecular formula is C35H34BrN3O4. The first-order valence-corrected chi connectivity index (χ1v) is 14.8. The highest BCUT2D eigenvalue weighted by atomic mass is 79.9. The highest BCUT2D eigenvalue weighted by Crippen LogP contribution is 2.36. The predicted molar refractivity (Wildman–Crippen MR) is 176 cm³/mol. The molecule has 0 atom stereocenters. The Bertz CT molecular complexity index is 1900. The van der Waals surface area contributed by atoms with Gasteiger partial charge in [-0.15, -0.1) is 0 Å². The van der Waals surface area contributed by atoms with E-state index in [2.05, 4.69) is 35.8 Å². The van der Waals surface area contributed by atoms with Gasteiger partial charge in [0.1, 0.15) is 12.4 Å². The summed E-state index contributed by atoms with van der Waals surface area (Å²) in [6.07, 6.45) is 1.61. The van der Waals surface area contributed by atoms with Gasteiger partial charge < -0.3 is 14.2 Å². The molecule has 0 spiro atoms. The number of aromatic nitrogens is 2. The maximum atomic E-state index is 13.9. The molecule has 0 N–H and O–H groups in total. The number of halogens is 1. The third kappa shape index (κ3) is 6.34. The van der Waals surface area contributed by atoms with Crippen molar-refractivity contribution in [1.82, 2.24) is 9.66 Å². The van der Waals surface area contributed by atoms with E-state index in [0.29, 0.717) is 40.4 Å². The second kappa shape index (κ2) is 12.8. The molecule has 8 heteroatoms. The molecule has 0 aliphatic heterocycles. The van der Waals surface area contributed by atoms with Crippen LogP contribution in [0.5, 0.6) is 17.2 Å². The molecule has 0 radical (unpaired) electrons. The lowest BCUT2D eigenvalue weighted by atomic mass is 9.96. The van der Waals surface area contributed by atoms with Crippen LogP contribution in [0.25, 0.3) is 22.3 Å². The van der Waals surface area contributed by atoms with Crippen molar-refractivity contribution < 1.29 is 14.2 Å². The first-order valence-electron chi connectivity index (χ1n) is 14.0. The zero-order valence-electron chi connectivity index (χ0n) is 25.1. The molecule has 0 saturated carbocycles. The Labute approximate surface area is 259 Å². The van der Waals surface area contributed by atoms with E-state index in [1.54, 1.807) is 26.5 Å². The summed E-state index contributed by atoms with van der Waals surface area (Å²) in [5.74, 6) is 2.49. The van der Waals surface area contributed by atoms with Gasteiger partial charge in [-0.3, -0.25) is 4.79 Å². The number of para-hydroxylation sites is 1. The lowest BCUT2D eigenvalue weighted by Crippen LogP contribution is -2.21. The van der Waals surface area contributed by atoms with Gasteiger partial charge in [0.05, 0.1) is 31.3 Å². The molecule has 0 fully saturated rings. The standard InChI is InChI=1S/C35H34BrN3O4/c1-21(2)28-18-29(23(4)15-31(28)41-5)34-38-30-13-8-7-12-27(30)35(40)39(34)37-19-25-16-26(36)17-32(42-6)33(25)43-20-24-11-9-10-22(3)14-24/h7-19,21H,20H2,1-6H3. The fourth-order valence-electron chi connectivity index (χ4n) is 5.04. The van der Waals surface area contributed by atoms with Crippen LogP contribution in [0.3, 0.4) is 0 Å². The van der Waals surface area contributed by atoms with Crippen LogP contribution in [0.1, 0.15) is 47.6 Å². The van der Waals surface area contributed by atoms with Crippen LogP contribution in [-0.4, -0.2) is 30.1 Å². The van der Waals surface area contributed by atoms with Crippen LogP contribution in [0.4, 0.5) is 0 Å². The van der Waals surface area contributed by atoms with Crippen molar-refractivity contribution >= 4 is 33.0 Å². The molecule has 0 bridgehead atoms. The summed E-state index contributed by atoms with van der Waals surface area (Å²) in [5, 5.41) is 5.21. The van der Waals surface area contributed by atoms with E-state index < -0.39 is 0 Å². The topological polar surface area (TPSA) is 74.9 Å². The molecule has 5 aromatic rings. The van der Waals surface area contributed by atoms with E-state index in [1.807, 2.05) is 74.5 Å². The SMILES string of the molecule is COc1cc(C)c(-c2nc3ccccc3c(=O)n2N=Cc2cc(Br)cc(OC)c2OCc2cccc(C)c2)cc1C(C)C. The van der Waals surface area contributed by atoms with E-state index in [1.165, 1.54) is 4.68 Å². The third-order valence-corrected chi connectivity index (χ3v) is 7.70. The monoisotopic (exact) mass is 639 g/mol. The number of nitrogens with zero attached hydrogens (tertiary/aromatic N) is 3. The first kappa shape index (κ1) is 30.0. The fourth-order valence-corrected chi connectivity index (χ4v) is 5.49. The maximum absolute atomic E-state index is 13.9. The Morgan fingerprint density at radius 3 is 2.44 bits per heavy atom. The van der Waals surface area contributed by atoms with E-state index in [-0.39, 0.29) is 11.5 Å². The maximum Gasteiger partial charge on any atom is 0.282 e. The second-order valence-electron chi connectivity index (χ2n) is 10.7. The molecule has 0 aliphatic rings. The minimum absolute atomic E-state index is 0.195. The highest BCUT2D eigenvalue weighted by Gasteiger charge is 2.19. The fraction of sp³-hybridized carbons (Fsp3) is 0.229. The van der Waals surface area contributed by atoms with E-state index in [0.717, 1.165) is 38.0 Å². The highest BCUT2D eigenvalue weighted by molar-refractivity contribution is 9.10. The van der Waals surface area contributed by atoms with Gasteiger partial charge in [-0.25, -0.2) is 4.98 Å². The number of hydrogen-bond acceptors (Lipinski definition) is 6. The van der Waals surface area contributed by atoms with Crippen molar-refractivity contribution in [3.63, 3.8) is 0 Å². The minimum Gasteiger partial charge on any atom is -0.496 e. The largest absolute Gasteiger partial charge is 0.496 e. The van der Waals surface area contributed by atoms with Gasteiger partial charge >= 0.3 is 0 Å². The van der Waals surface area contributed by atoms with Crippen LogP contribution >= 0.6 is 15.9 Å². The number of benzene rings is 4. The molecule has 0 unspecified atom stereocenters. The first-order chi connectivity index (χ1) is 20.7. The van der Waals surface area contributed by atoms with Gasteiger partial charge in [0, 0.05) is 15.6 Å². The average Bonchev–Trinajstić information content (AvgIpc) is 2.99. The summed E-state index contributed by atoms with van der Waals surface area (Å²) >= 11 is 3.57. The summed E-state index contributed by atoms with van der Waals surface area (Å²) in [6, 6.07) is 23.2. The van der Waals surface area contributed by atoms with Crippen molar-refractivity contribution in [1.29, 1.82) is 0 Å². The Morgan fingerprint density at radius 2 is 1.72 bits per heavy atom. The number of methoxy groups -OCH3 is 2. The lowest BCUT2D eigenvalue weighted by Gasteiger charge is -2.17. The lowest BCUT2D eigenvalue weighted by molar-refractivity contribution is 0.284. The van der Waals surface area contributed by atoms with Gasteiger partial charge in [-0.1, -0.05) is 71.7 Å². The average molecular weight is 641 g/mol. The van der Waals surface area contributed by atoms with Crippen LogP contribution in [0.2, 0.25) is 0 Å². The minimum atomic E-state index is -0.276.